The molecule has 0 aliphatic carbocycles. The number of aromatic nitrogens is 5. The molecule has 9 nitrogen and oxygen atoms in total. The Balaban J connectivity index is 1.11. The number of hydrogen-bond acceptors (Lipinski definition) is 7. The molecule has 3 aromatic heterocycles. The Bertz CT molecular complexity index is 1560. The Morgan fingerprint density at radius 1 is 0.895 bits per heavy atom. The number of ether oxygens (including phenoxy) is 1. The maximum absolute atomic E-state index is 5.94. The van der Waals surface area contributed by atoms with E-state index in [1.807, 2.05) is 18.2 Å². The highest BCUT2D eigenvalue weighted by atomic mass is 16.5. The van der Waals surface area contributed by atoms with Crippen LogP contribution in [0.25, 0.3) is 33.5 Å². The molecule has 0 spiro atoms. The van der Waals surface area contributed by atoms with Crippen molar-refractivity contribution in [3.8, 4) is 23.1 Å². The molecule has 2 fully saturated rings. The smallest absolute Gasteiger partial charge is 0.219 e. The monoisotopic (exact) mass is 508 g/mol. The molecule has 38 heavy (non-hydrogen) atoms. The number of hydrogen-bond donors (Lipinski definition) is 3. The second-order valence-electron chi connectivity index (χ2n) is 10.4. The number of nitrogens with zero attached hydrogens (tertiary/aromatic N) is 5. The number of nitrogens with two attached hydrogens (primary N) is 1. The highest BCUT2D eigenvalue weighted by molar-refractivity contribution is 5.94. The van der Waals surface area contributed by atoms with Gasteiger partial charge in [0.25, 0.3) is 0 Å². The average Bonchev–Trinajstić information content (AvgIpc) is 3.58. The highest BCUT2D eigenvalue weighted by Crippen LogP contribution is 2.32. The van der Waals surface area contributed by atoms with Crippen LogP contribution in [-0.4, -0.2) is 62.3 Å². The first kappa shape index (κ1) is 23.0. The van der Waals surface area contributed by atoms with Crippen LogP contribution in [0, 0.1) is 0 Å². The normalized spacial score (nSPS) is 17.4. The molecule has 2 aliphatic rings. The largest absolute Gasteiger partial charge is 0.439 e. The van der Waals surface area contributed by atoms with Gasteiger partial charge in [-0.25, -0.2) is 9.97 Å². The number of fused-ring (bicyclic) bond motifs is 2. The molecule has 0 radical (unpaired) electrons. The summed E-state index contributed by atoms with van der Waals surface area (Å²) in [6.45, 7) is 4.76. The van der Waals surface area contributed by atoms with Crippen molar-refractivity contribution in [2.45, 2.75) is 38.1 Å². The van der Waals surface area contributed by atoms with E-state index in [9.17, 15) is 0 Å². The lowest BCUT2D eigenvalue weighted by Gasteiger charge is -2.41. The Kier molecular flexibility index (Phi) is 5.85. The summed E-state index contributed by atoms with van der Waals surface area (Å²) >= 11 is 0. The molecule has 5 heterocycles. The lowest BCUT2D eigenvalue weighted by molar-refractivity contribution is 0.141. The molecule has 5 aromatic rings. The highest BCUT2D eigenvalue weighted by Gasteiger charge is 2.26. The second-order valence-corrected chi connectivity index (χ2v) is 10.4. The molecule has 0 unspecified atom stereocenters. The van der Waals surface area contributed by atoms with Crippen LogP contribution in [0.1, 0.15) is 32.1 Å². The van der Waals surface area contributed by atoms with Gasteiger partial charge >= 0.3 is 0 Å². The first-order valence-corrected chi connectivity index (χ1v) is 13.6. The molecule has 7 rings (SSSR count). The predicted octanol–water partition coefficient (Wildman–Crippen LogP) is 5.33. The van der Waals surface area contributed by atoms with Crippen LogP contribution in [0.4, 0.5) is 11.4 Å². The fraction of sp³-hybridized carbons (Fsp3) is 0.345. The van der Waals surface area contributed by atoms with Gasteiger partial charge in [-0.1, -0.05) is 6.42 Å². The number of imidazole rings is 1. The Hall–Kier alpha value is -4.11. The Morgan fingerprint density at radius 2 is 1.76 bits per heavy atom. The molecular formula is C29H32N8O. The summed E-state index contributed by atoms with van der Waals surface area (Å²) in [6, 6.07) is 16.6. The topological polar surface area (TPSA) is 112 Å². The van der Waals surface area contributed by atoms with Gasteiger partial charge < -0.3 is 25.3 Å². The number of piperidine rings is 2. The van der Waals surface area contributed by atoms with Gasteiger partial charge in [0, 0.05) is 36.3 Å². The van der Waals surface area contributed by atoms with Crippen LogP contribution < -0.4 is 15.4 Å². The van der Waals surface area contributed by atoms with E-state index in [4.69, 9.17) is 15.5 Å². The van der Waals surface area contributed by atoms with Crippen LogP contribution >= 0.6 is 0 Å². The third-order valence-corrected chi connectivity index (χ3v) is 7.94. The first-order chi connectivity index (χ1) is 18.7. The van der Waals surface area contributed by atoms with Crippen molar-refractivity contribution < 1.29 is 4.74 Å². The Morgan fingerprint density at radius 3 is 2.58 bits per heavy atom. The number of rotatable bonds is 5. The molecule has 0 amide bonds. The summed E-state index contributed by atoms with van der Waals surface area (Å²) in [5.74, 6) is 1.89. The average molecular weight is 509 g/mol. The third-order valence-electron chi connectivity index (χ3n) is 7.94. The van der Waals surface area contributed by atoms with Crippen molar-refractivity contribution in [2.75, 3.05) is 36.8 Å². The summed E-state index contributed by atoms with van der Waals surface area (Å²) in [4.78, 5) is 17.8. The predicted molar refractivity (Wildman–Crippen MR) is 151 cm³/mol. The minimum Gasteiger partial charge on any atom is -0.439 e. The van der Waals surface area contributed by atoms with Crippen molar-refractivity contribution >= 4 is 33.3 Å². The van der Waals surface area contributed by atoms with Crippen LogP contribution in [0.5, 0.6) is 11.6 Å². The molecule has 194 valence electrons. The number of aromatic amines is 2. The SMILES string of the molecule is Nc1ccc(Oc2ccc3[nH]nc(-c4nc5ccc(N6CCC(N7CCCCC7)CC6)cc5[nH]4)c3c2)nc1. The fourth-order valence-corrected chi connectivity index (χ4v) is 5.89. The summed E-state index contributed by atoms with van der Waals surface area (Å²) in [5, 5.41) is 8.61. The Labute approximate surface area is 221 Å². The van der Waals surface area contributed by atoms with Gasteiger partial charge in [-0.15, -0.1) is 0 Å². The quantitative estimate of drug-likeness (QED) is 0.294. The number of nitrogens with one attached hydrogen (secondary N) is 2. The van der Waals surface area contributed by atoms with Crippen molar-refractivity contribution in [2.24, 2.45) is 0 Å². The van der Waals surface area contributed by atoms with E-state index in [0.717, 1.165) is 52.6 Å². The third kappa shape index (κ3) is 4.43. The van der Waals surface area contributed by atoms with Crippen LogP contribution in [-0.2, 0) is 0 Å². The van der Waals surface area contributed by atoms with Crippen LogP contribution in [0.15, 0.2) is 54.7 Å². The van der Waals surface area contributed by atoms with Gasteiger partial charge in [-0.3, -0.25) is 5.10 Å². The molecule has 2 aliphatic heterocycles. The van der Waals surface area contributed by atoms with Crippen molar-refractivity contribution in [3.63, 3.8) is 0 Å². The van der Waals surface area contributed by atoms with E-state index in [0.29, 0.717) is 17.3 Å². The van der Waals surface area contributed by atoms with Gasteiger partial charge in [0.1, 0.15) is 11.4 Å². The second kappa shape index (κ2) is 9.64. The lowest BCUT2D eigenvalue weighted by atomic mass is 9.99. The van der Waals surface area contributed by atoms with Crippen molar-refractivity contribution in [3.05, 3.63) is 54.7 Å². The molecule has 0 saturated carbocycles. The van der Waals surface area contributed by atoms with E-state index in [-0.39, 0.29) is 0 Å². The zero-order chi connectivity index (χ0) is 25.5. The fourth-order valence-electron chi connectivity index (χ4n) is 5.89. The summed E-state index contributed by atoms with van der Waals surface area (Å²) in [5.41, 5.74) is 11.2. The van der Waals surface area contributed by atoms with E-state index in [2.05, 4.69) is 48.2 Å². The molecule has 2 aromatic carbocycles. The van der Waals surface area contributed by atoms with Crippen molar-refractivity contribution in [1.82, 2.24) is 30.0 Å². The zero-order valence-electron chi connectivity index (χ0n) is 21.4. The van der Waals surface area contributed by atoms with Crippen molar-refractivity contribution in [1.29, 1.82) is 0 Å². The standard InChI is InChI=1S/C29H32N8O/c30-19-4-9-27(31-18-19)38-22-6-8-24-23(17-22)28(35-34-24)29-32-25-7-5-21(16-26(25)33-29)37-14-10-20(11-15-37)36-12-2-1-3-13-36/h4-9,16-18,20H,1-3,10-15,30H2,(H,32,33)(H,34,35). The van der Waals surface area contributed by atoms with E-state index in [1.165, 1.54) is 50.9 Å². The van der Waals surface area contributed by atoms with Gasteiger partial charge in [0.2, 0.25) is 5.88 Å². The number of likely N-dealkylation sites (tertiary alicyclic amines) is 1. The number of nitrogen functional groups attached to an aromatic ring is 1. The van der Waals surface area contributed by atoms with Crippen LogP contribution in [0.2, 0.25) is 0 Å². The van der Waals surface area contributed by atoms with Gasteiger partial charge in [0.15, 0.2) is 5.82 Å². The summed E-state index contributed by atoms with van der Waals surface area (Å²) in [6.07, 6.45) is 8.17. The summed E-state index contributed by atoms with van der Waals surface area (Å²) in [7, 11) is 0. The van der Waals surface area contributed by atoms with E-state index < -0.39 is 0 Å². The van der Waals surface area contributed by atoms with Gasteiger partial charge in [0.05, 0.1) is 28.4 Å². The maximum atomic E-state index is 5.94. The zero-order valence-corrected chi connectivity index (χ0v) is 21.4. The molecule has 4 N–H and O–H groups in total. The number of benzene rings is 2. The number of anilines is 2. The molecule has 0 atom stereocenters. The molecule has 9 heteroatoms. The molecule has 2 saturated heterocycles. The minimum absolute atomic E-state index is 0.486. The minimum atomic E-state index is 0.486. The maximum Gasteiger partial charge on any atom is 0.219 e. The lowest BCUT2D eigenvalue weighted by Crippen LogP contribution is -2.46. The van der Waals surface area contributed by atoms with E-state index >= 15 is 0 Å². The van der Waals surface area contributed by atoms with E-state index in [1.54, 1.807) is 18.3 Å². The summed E-state index contributed by atoms with van der Waals surface area (Å²) < 4.78 is 5.94. The number of H-pyrrole nitrogens is 2. The molecule has 0 bridgehead atoms. The van der Waals surface area contributed by atoms with Gasteiger partial charge in [-0.2, -0.15) is 5.10 Å². The number of pyridine rings is 1. The molecular weight excluding hydrogens is 476 g/mol. The van der Waals surface area contributed by atoms with Gasteiger partial charge in [-0.05, 0) is 81.2 Å². The van der Waals surface area contributed by atoms with Crippen LogP contribution in [0.3, 0.4) is 0 Å². The first-order valence-electron chi connectivity index (χ1n) is 13.6.